The molecule has 6 nitrogen and oxygen atoms in total. The van der Waals surface area contributed by atoms with Gasteiger partial charge in [-0.2, -0.15) is 0 Å². The summed E-state index contributed by atoms with van der Waals surface area (Å²) >= 11 is 0. The first-order chi connectivity index (χ1) is 10.4. The number of benzene rings is 1. The van der Waals surface area contributed by atoms with Crippen molar-refractivity contribution in [3.63, 3.8) is 0 Å². The highest BCUT2D eigenvalue weighted by Crippen LogP contribution is 2.23. The van der Waals surface area contributed by atoms with Crippen LogP contribution < -0.4 is 10.1 Å². The van der Waals surface area contributed by atoms with Gasteiger partial charge in [0.15, 0.2) is 9.84 Å². The minimum Gasteiger partial charge on any atom is -0.492 e. The topological polar surface area (TPSA) is 75.7 Å². The summed E-state index contributed by atoms with van der Waals surface area (Å²) in [6, 6.07) is 7.19. The molecular formula is C15H22N2O4S. The number of likely N-dealkylation sites (N-methyl/N-ethyl adjacent to an activating group) is 1. The first kappa shape index (κ1) is 16.6. The zero-order chi connectivity index (χ0) is 16.2. The normalized spacial score (nSPS) is 19.6. The van der Waals surface area contributed by atoms with Crippen LogP contribution in [0.15, 0.2) is 24.3 Å². The van der Waals surface area contributed by atoms with Gasteiger partial charge in [0.2, 0.25) is 5.91 Å². The molecule has 0 bridgehead atoms. The third-order valence-corrected chi connectivity index (χ3v) is 5.52. The summed E-state index contributed by atoms with van der Waals surface area (Å²) < 4.78 is 28.5. The molecule has 1 fully saturated rings. The van der Waals surface area contributed by atoms with Crippen molar-refractivity contribution in [3.8, 4) is 5.75 Å². The lowest BCUT2D eigenvalue weighted by Gasteiger charge is -2.24. The van der Waals surface area contributed by atoms with Gasteiger partial charge < -0.3 is 15.0 Å². The predicted octanol–water partition coefficient (Wildman–Crippen LogP) is 1.14. The number of carbonyl (C=O) groups excluding carboxylic acids is 1. The lowest BCUT2D eigenvalue weighted by atomic mass is 10.2. The second-order valence-corrected chi connectivity index (χ2v) is 7.57. The highest BCUT2D eigenvalue weighted by Gasteiger charge is 2.32. The largest absolute Gasteiger partial charge is 0.492 e. The SMILES string of the molecule is CCOc1ccccc1NCC(=O)N(C)[C@H]1CCS(=O)(=O)C1. The lowest BCUT2D eigenvalue weighted by molar-refractivity contribution is -0.129. The monoisotopic (exact) mass is 326 g/mol. The summed E-state index contributed by atoms with van der Waals surface area (Å²) in [5, 5.41) is 3.06. The van der Waals surface area contributed by atoms with Crippen molar-refractivity contribution in [3.05, 3.63) is 24.3 Å². The van der Waals surface area contributed by atoms with E-state index in [4.69, 9.17) is 4.74 Å². The van der Waals surface area contributed by atoms with Crippen LogP contribution in [0.2, 0.25) is 0 Å². The fourth-order valence-corrected chi connectivity index (χ4v) is 4.25. The van der Waals surface area contributed by atoms with Crippen molar-refractivity contribution in [2.75, 3.05) is 37.0 Å². The van der Waals surface area contributed by atoms with E-state index in [1.54, 1.807) is 7.05 Å². The van der Waals surface area contributed by atoms with Crippen molar-refractivity contribution < 1.29 is 17.9 Å². The summed E-state index contributed by atoms with van der Waals surface area (Å²) in [6.45, 7) is 2.56. The zero-order valence-electron chi connectivity index (χ0n) is 12.9. The molecule has 0 radical (unpaired) electrons. The maximum absolute atomic E-state index is 12.2. The Hall–Kier alpha value is -1.76. The van der Waals surface area contributed by atoms with Gasteiger partial charge >= 0.3 is 0 Å². The van der Waals surface area contributed by atoms with Gasteiger partial charge in [0.25, 0.3) is 0 Å². The molecule has 122 valence electrons. The van der Waals surface area contributed by atoms with E-state index in [9.17, 15) is 13.2 Å². The first-order valence-electron chi connectivity index (χ1n) is 7.34. The molecule has 1 amide bonds. The van der Waals surface area contributed by atoms with E-state index in [0.29, 0.717) is 18.8 Å². The van der Waals surface area contributed by atoms with Gasteiger partial charge in [-0.1, -0.05) is 12.1 Å². The number of anilines is 1. The number of rotatable bonds is 6. The van der Waals surface area contributed by atoms with Crippen LogP contribution in [0.1, 0.15) is 13.3 Å². The van der Waals surface area contributed by atoms with Gasteiger partial charge in [-0.05, 0) is 25.5 Å². The Balaban J connectivity index is 1.93. The quantitative estimate of drug-likeness (QED) is 0.848. The predicted molar refractivity (Wildman–Crippen MR) is 85.9 cm³/mol. The first-order valence-corrected chi connectivity index (χ1v) is 9.17. The standard InChI is InChI=1S/C15H22N2O4S/c1-3-21-14-7-5-4-6-13(14)16-10-15(18)17(2)12-8-9-22(19,20)11-12/h4-7,12,16H,3,8-11H2,1-2H3/t12-/m0/s1. The molecule has 1 saturated heterocycles. The maximum atomic E-state index is 12.2. The number of nitrogens with zero attached hydrogens (tertiary/aromatic N) is 1. The molecule has 0 unspecified atom stereocenters. The Kier molecular flexibility index (Phi) is 5.28. The molecule has 7 heteroatoms. The summed E-state index contributed by atoms with van der Waals surface area (Å²) in [5.74, 6) is 0.790. The molecule has 0 aliphatic carbocycles. The van der Waals surface area contributed by atoms with E-state index < -0.39 is 9.84 Å². The summed E-state index contributed by atoms with van der Waals surface area (Å²) in [6.07, 6.45) is 0.514. The molecule has 0 spiro atoms. The van der Waals surface area contributed by atoms with E-state index in [-0.39, 0.29) is 30.0 Å². The van der Waals surface area contributed by atoms with Gasteiger partial charge in [0, 0.05) is 13.1 Å². The van der Waals surface area contributed by atoms with Crippen LogP contribution in [-0.2, 0) is 14.6 Å². The van der Waals surface area contributed by atoms with E-state index in [0.717, 1.165) is 5.69 Å². The summed E-state index contributed by atoms with van der Waals surface area (Å²) in [7, 11) is -1.33. The minimum atomic E-state index is -2.99. The van der Waals surface area contributed by atoms with Gasteiger partial charge in [0.1, 0.15) is 5.75 Å². The van der Waals surface area contributed by atoms with Crippen molar-refractivity contribution in [1.29, 1.82) is 0 Å². The number of sulfone groups is 1. The van der Waals surface area contributed by atoms with E-state index in [2.05, 4.69) is 5.32 Å². The number of nitrogens with one attached hydrogen (secondary N) is 1. The smallest absolute Gasteiger partial charge is 0.241 e. The third kappa shape index (κ3) is 4.13. The maximum Gasteiger partial charge on any atom is 0.241 e. The Morgan fingerprint density at radius 2 is 2.14 bits per heavy atom. The Morgan fingerprint density at radius 3 is 2.77 bits per heavy atom. The van der Waals surface area contributed by atoms with Gasteiger partial charge in [-0.25, -0.2) is 8.42 Å². The van der Waals surface area contributed by atoms with Crippen molar-refractivity contribution in [1.82, 2.24) is 4.90 Å². The fourth-order valence-electron chi connectivity index (χ4n) is 2.47. The van der Waals surface area contributed by atoms with Crippen molar-refractivity contribution in [2.45, 2.75) is 19.4 Å². The van der Waals surface area contributed by atoms with Crippen LogP contribution in [0.25, 0.3) is 0 Å². The number of ether oxygens (including phenoxy) is 1. The van der Waals surface area contributed by atoms with Gasteiger partial charge in [-0.3, -0.25) is 4.79 Å². The van der Waals surface area contributed by atoms with Crippen molar-refractivity contribution in [2.24, 2.45) is 0 Å². The number of hydrogen-bond acceptors (Lipinski definition) is 5. The highest BCUT2D eigenvalue weighted by molar-refractivity contribution is 7.91. The summed E-state index contributed by atoms with van der Waals surface area (Å²) in [4.78, 5) is 13.7. The molecule has 22 heavy (non-hydrogen) atoms. The summed E-state index contributed by atoms with van der Waals surface area (Å²) in [5.41, 5.74) is 0.755. The number of para-hydroxylation sites is 2. The van der Waals surface area contributed by atoms with Crippen molar-refractivity contribution >= 4 is 21.4 Å². The number of hydrogen-bond donors (Lipinski definition) is 1. The molecule has 0 aromatic heterocycles. The molecule has 1 N–H and O–H groups in total. The zero-order valence-corrected chi connectivity index (χ0v) is 13.7. The van der Waals surface area contributed by atoms with Crippen LogP contribution >= 0.6 is 0 Å². The third-order valence-electron chi connectivity index (χ3n) is 3.77. The highest BCUT2D eigenvalue weighted by atomic mass is 32.2. The minimum absolute atomic E-state index is 0.0603. The molecule has 0 saturated carbocycles. The van der Waals surface area contributed by atoms with Crippen LogP contribution in [0.5, 0.6) is 5.75 Å². The fraction of sp³-hybridized carbons (Fsp3) is 0.533. The van der Waals surface area contributed by atoms with E-state index in [1.807, 2.05) is 31.2 Å². The molecule has 1 aliphatic heterocycles. The molecule has 1 atom stereocenters. The van der Waals surface area contributed by atoms with Crippen LogP contribution in [0.3, 0.4) is 0 Å². The number of carbonyl (C=O) groups is 1. The molecule has 2 rings (SSSR count). The van der Waals surface area contributed by atoms with Crippen LogP contribution in [0.4, 0.5) is 5.69 Å². The Morgan fingerprint density at radius 1 is 1.41 bits per heavy atom. The average molecular weight is 326 g/mol. The van der Waals surface area contributed by atoms with Crippen LogP contribution in [-0.4, -0.2) is 57.0 Å². The van der Waals surface area contributed by atoms with E-state index >= 15 is 0 Å². The molecule has 1 aromatic carbocycles. The van der Waals surface area contributed by atoms with E-state index in [1.165, 1.54) is 4.90 Å². The van der Waals surface area contributed by atoms with Gasteiger partial charge in [0.05, 0.1) is 30.3 Å². The molecule has 1 heterocycles. The Bertz CT molecular complexity index is 630. The number of amides is 1. The molecule has 1 aromatic rings. The second kappa shape index (κ2) is 7.00. The Labute approximate surface area is 131 Å². The lowest BCUT2D eigenvalue weighted by Crippen LogP contribution is -2.40. The second-order valence-electron chi connectivity index (χ2n) is 5.34. The average Bonchev–Trinajstić information content (AvgIpc) is 2.85. The van der Waals surface area contributed by atoms with Gasteiger partial charge in [-0.15, -0.1) is 0 Å². The van der Waals surface area contributed by atoms with Crippen LogP contribution in [0, 0.1) is 0 Å². The molecular weight excluding hydrogens is 304 g/mol. The molecule has 1 aliphatic rings.